The molecule has 0 saturated carbocycles. The summed E-state index contributed by atoms with van der Waals surface area (Å²) in [6.45, 7) is 1.96. The lowest BCUT2D eigenvalue weighted by Gasteiger charge is -2.17. The molecule has 0 bridgehead atoms. The Bertz CT molecular complexity index is 475. The van der Waals surface area contributed by atoms with Gasteiger partial charge in [0, 0.05) is 19.7 Å². The van der Waals surface area contributed by atoms with Crippen LogP contribution in [0.1, 0.15) is 23.8 Å². The van der Waals surface area contributed by atoms with Gasteiger partial charge in [-0.2, -0.15) is 0 Å². The highest BCUT2D eigenvalue weighted by Gasteiger charge is 2.13. The molecule has 0 fully saturated rings. The zero-order valence-corrected chi connectivity index (χ0v) is 9.69. The van der Waals surface area contributed by atoms with Crippen LogP contribution in [0.25, 0.3) is 0 Å². The largest absolute Gasteiger partial charge is 0.393 e. The van der Waals surface area contributed by atoms with Gasteiger partial charge >= 0.3 is 5.69 Å². The summed E-state index contributed by atoms with van der Waals surface area (Å²) in [5, 5.41) is 9.09. The van der Waals surface area contributed by atoms with Crippen LogP contribution in [-0.2, 0) is 0 Å². The molecule has 0 aromatic carbocycles. The fraction of sp³-hybridized carbons (Fsp3) is 0.500. The van der Waals surface area contributed by atoms with Gasteiger partial charge in [-0.05, 0) is 13.3 Å². The van der Waals surface area contributed by atoms with Crippen LogP contribution in [0, 0.1) is 0 Å². The molecule has 0 aliphatic rings. The number of nitrogens with one attached hydrogen (secondary N) is 2. The molecule has 3 N–H and O–H groups in total. The first-order chi connectivity index (χ1) is 7.90. The highest BCUT2D eigenvalue weighted by Crippen LogP contribution is 1.98. The highest BCUT2D eigenvalue weighted by molar-refractivity contribution is 5.91. The van der Waals surface area contributed by atoms with Gasteiger partial charge in [-0.15, -0.1) is 0 Å². The maximum absolute atomic E-state index is 11.8. The minimum atomic E-state index is -0.718. The van der Waals surface area contributed by atoms with Crippen LogP contribution < -0.4 is 11.2 Å². The van der Waals surface area contributed by atoms with Crippen molar-refractivity contribution in [3.05, 3.63) is 32.6 Å². The quantitative estimate of drug-likeness (QED) is 0.622. The number of aromatic amines is 2. The summed E-state index contributed by atoms with van der Waals surface area (Å²) in [6.07, 6.45) is -0.0844. The number of rotatable bonds is 4. The van der Waals surface area contributed by atoms with E-state index in [1.165, 1.54) is 11.9 Å². The van der Waals surface area contributed by atoms with Gasteiger partial charge in [0.25, 0.3) is 11.5 Å². The summed E-state index contributed by atoms with van der Waals surface area (Å²) >= 11 is 0. The molecule has 0 aliphatic heterocycles. The molecule has 0 spiro atoms. The number of aromatic nitrogens is 2. The van der Waals surface area contributed by atoms with Crippen molar-refractivity contribution in [2.24, 2.45) is 0 Å². The first-order valence-electron chi connectivity index (χ1n) is 5.17. The van der Waals surface area contributed by atoms with Gasteiger partial charge in [0.1, 0.15) is 5.69 Å². The molecule has 0 saturated heterocycles. The third kappa shape index (κ3) is 3.87. The Morgan fingerprint density at radius 1 is 1.47 bits per heavy atom. The molecule has 1 aromatic heterocycles. The molecule has 17 heavy (non-hydrogen) atoms. The Balaban J connectivity index is 2.81. The van der Waals surface area contributed by atoms with Crippen molar-refractivity contribution < 1.29 is 9.90 Å². The third-order valence-corrected chi connectivity index (χ3v) is 2.22. The van der Waals surface area contributed by atoms with Crippen LogP contribution in [0.2, 0.25) is 0 Å². The van der Waals surface area contributed by atoms with Crippen molar-refractivity contribution in [1.82, 2.24) is 14.9 Å². The molecular weight excluding hydrogens is 226 g/mol. The molecule has 1 amide bonds. The van der Waals surface area contributed by atoms with E-state index in [1.807, 2.05) is 4.98 Å². The van der Waals surface area contributed by atoms with E-state index in [4.69, 9.17) is 5.11 Å². The van der Waals surface area contributed by atoms with E-state index >= 15 is 0 Å². The monoisotopic (exact) mass is 241 g/mol. The summed E-state index contributed by atoms with van der Waals surface area (Å²) < 4.78 is 0. The Morgan fingerprint density at radius 3 is 2.65 bits per heavy atom. The number of amides is 1. The average molecular weight is 241 g/mol. The fourth-order valence-corrected chi connectivity index (χ4v) is 1.27. The fourth-order valence-electron chi connectivity index (χ4n) is 1.27. The SMILES string of the molecule is CC(O)CCN(C)C(=O)c1cc(=O)[nH]c(=O)[nH]1. The van der Waals surface area contributed by atoms with E-state index in [-0.39, 0.29) is 5.69 Å². The van der Waals surface area contributed by atoms with Gasteiger partial charge in [0.05, 0.1) is 6.10 Å². The van der Waals surface area contributed by atoms with E-state index < -0.39 is 23.3 Å². The summed E-state index contributed by atoms with van der Waals surface area (Å²) in [5.41, 5.74) is -1.40. The van der Waals surface area contributed by atoms with E-state index in [0.717, 1.165) is 6.07 Å². The number of aliphatic hydroxyl groups excluding tert-OH is 1. The van der Waals surface area contributed by atoms with Crippen LogP contribution >= 0.6 is 0 Å². The average Bonchev–Trinajstić information content (AvgIpc) is 2.23. The van der Waals surface area contributed by atoms with Crippen molar-refractivity contribution >= 4 is 5.91 Å². The van der Waals surface area contributed by atoms with Crippen LogP contribution in [0.3, 0.4) is 0 Å². The molecule has 7 nitrogen and oxygen atoms in total. The first kappa shape index (κ1) is 13.2. The Labute approximate surface area is 97.1 Å². The van der Waals surface area contributed by atoms with Gasteiger partial charge in [0.15, 0.2) is 0 Å². The standard InChI is InChI=1S/C10H15N3O4/c1-6(14)3-4-13(2)9(16)7-5-8(15)12-10(17)11-7/h5-6,14H,3-4H2,1-2H3,(H2,11,12,15,17). The predicted octanol–water partition coefficient (Wildman–Crippen LogP) is -1.09. The Morgan fingerprint density at radius 2 is 2.12 bits per heavy atom. The lowest BCUT2D eigenvalue weighted by atomic mass is 10.2. The van der Waals surface area contributed by atoms with Gasteiger partial charge in [-0.1, -0.05) is 0 Å². The summed E-state index contributed by atoms with van der Waals surface area (Å²) in [5.74, 6) is -0.464. The van der Waals surface area contributed by atoms with Crippen molar-refractivity contribution in [2.75, 3.05) is 13.6 Å². The lowest BCUT2D eigenvalue weighted by Crippen LogP contribution is -2.33. The second-order valence-electron chi connectivity index (χ2n) is 3.87. The first-order valence-corrected chi connectivity index (χ1v) is 5.17. The molecule has 1 aromatic rings. The number of H-pyrrole nitrogens is 2. The Kier molecular flexibility index (Phi) is 4.22. The number of nitrogens with zero attached hydrogens (tertiary/aromatic N) is 1. The smallest absolute Gasteiger partial charge is 0.326 e. The van der Waals surface area contributed by atoms with Crippen LogP contribution in [0.4, 0.5) is 0 Å². The number of carbonyl (C=O) groups is 1. The number of carbonyl (C=O) groups excluding carboxylic acids is 1. The second-order valence-corrected chi connectivity index (χ2v) is 3.87. The van der Waals surface area contributed by atoms with Crippen LogP contribution in [0.15, 0.2) is 15.7 Å². The van der Waals surface area contributed by atoms with Gasteiger partial charge in [-0.3, -0.25) is 14.6 Å². The van der Waals surface area contributed by atoms with Crippen molar-refractivity contribution in [2.45, 2.75) is 19.4 Å². The van der Waals surface area contributed by atoms with E-state index in [2.05, 4.69) is 4.98 Å². The maximum Gasteiger partial charge on any atom is 0.326 e. The van der Waals surface area contributed by atoms with Gasteiger partial charge in [0.2, 0.25) is 0 Å². The third-order valence-electron chi connectivity index (χ3n) is 2.22. The van der Waals surface area contributed by atoms with Gasteiger partial charge in [-0.25, -0.2) is 4.79 Å². The van der Waals surface area contributed by atoms with Crippen molar-refractivity contribution in [3.8, 4) is 0 Å². The zero-order valence-electron chi connectivity index (χ0n) is 9.69. The minimum absolute atomic E-state index is 0.0631. The topological polar surface area (TPSA) is 106 Å². The van der Waals surface area contributed by atoms with E-state index in [0.29, 0.717) is 13.0 Å². The molecule has 0 radical (unpaired) electrons. The second kappa shape index (κ2) is 5.44. The van der Waals surface area contributed by atoms with Gasteiger partial charge < -0.3 is 15.0 Å². The van der Waals surface area contributed by atoms with E-state index in [9.17, 15) is 14.4 Å². The lowest BCUT2D eigenvalue weighted by molar-refractivity contribution is 0.0762. The van der Waals surface area contributed by atoms with E-state index in [1.54, 1.807) is 6.92 Å². The van der Waals surface area contributed by atoms with Crippen molar-refractivity contribution in [3.63, 3.8) is 0 Å². The molecule has 94 valence electrons. The molecule has 7 heteroatoms. The Hall–Kier alpha value is -1.89. The molecule has 1 atom stereocenters. The summed E-state index contributed by atoms with van der Waals surface area (Å²) in [4.78, 5) is 39.3. The van der Waals surface area contributed by atoms with Crippen LogP contribution in [0.5, 0.6) is 0 Å². The zero-order chi connectivity index (χ0) is 13.0. The molecular formula is C10H15N3O4. The molecule has 1 rings (SSSR count). The summed E-state index contributed by atoms with van der Waals surface area (Å²) in [6, 6.07) is 1.03. The molecule has 1 heterocycles. The minimum Gasteiger partial charge on any atom is -0.393 e. The number of hydrogen-bond donors (Lipinski definition) is 3. The predicted molar refractivity (Wildman–Crippen MR) is 60.9 cm³/mol. The summed E-state index contributed by atoms with van der Waals surface area (Å²) in [7, 11) is 1.53. The number of hydrogen-bond acceptors (Lipinski definition) is 4. The maximum atomic E-state index is 11.8. The molecule has 0 aliphatic carbocycles. The van der Waals surface area contributed by atoms with Crippen LogP contribution in [-0.4, -0.2) is 45.6 Å². The number of aliphatic hydroxyl groups is 1. The normalized spacial score (nSPS) is 12.2. The molecule has 1 unspecified atom stereocenters. The highest BCUT2D eigenvalue weighted by atomic mass is 16.3. The van der Waals surface area contributed by atoms with Crippen molar-refractivity contribution in [1.29, 1.82) is 0 Å².